The molecule has 0 saturated heterocycles. The second-order valence-corrected chi connectivity index (χ2v) is 3.00. The Morgan fingerprint density at radius 1 is 1.18 bits per heavy atom. The van der Waals surface area contributed by atoms with E-state index in [9.17, 15) is 0 Å². The van der Waals surface area contributed by atoms with Crippen molar-refractivity contribution in [3.8, 4) is 0 Å². The molecule has 0 spiro atoms. The van der Waals surface area contributed by atoms with Gasteiger partial charge in [0.25, 0.3) is 0 Å². The summed E-state index contributed by atoms with van der Waals surface area (Å²) in [5.74, 6) is 0. The Morgan fingerprint density at radius 2 is 1.64 bits per heavy atom. The van der Waals surface area contributed by atoms with Crippen LogP contribution in [0.3, 0.4) is 0 Å². The molecule has 0 aromatic rings. The average molecular weight is 178 g/mol. The van der Waals surface area contributed by atoms with E-state index in [1.54, 1.807) is 0 Å². The summed E-state index contributed by atoms with van der Waals surface area (Å²) < 4.78 is 1.16. The van der Waals surface area contributed by atoms with E-state index in [2.05, 4.69) is 40.0 Å². The summed E-state index contributed by atoms with van der Waals surface area (Å²) in [6.07, 6.45) is 4.37. The predicted molar refractivity (Wildman–Crippen MR) is 46.9 cm³/mol. The second-order valence-electron chi connectivity index (χ2n) is 3.00. The first-order valence-electron chi connectivity index (χ1n) is 4.13. The van der Waals surface area contributed by atoms with Gasteiger partial charge in [-0.25, -0.2) is 0 Å². The number of hydrogen-bond donors (Lipinski definition) is 0. The Morgan fingerprint density at radius 3 is 1.91 bits per heavy atom. The Kier molecular flexibility index (Phi) is 8.25. The third-order valence-corrected chi connectivity index (χ3v) is 2.31. The van der Waals surface area contributed by atoms with E-state index < -0.39 is 0 Å². The number of rotatable bonds is 4. The van der Waals surface area contributed by atoms with Crippen LogP contribution in [0.15, 0.2) is 12.2 Å². The molecule has 0 radical (unpaired) electrons. The van der Waals surface area contributed by atoms with Crippen molar-refractivity contribution >= 4 is 0 Å². The van der Waals surface area contributed by atoms with Crippen LogP contribution in [0.5, 0.6) is 0 Å². The first kappa shape index (κ1) is 13.6. The zero-order valence-corrected chi connectivity index (χ0v) is 8.86. The molecule has 0 unspecified atom stereocenters. The fraction of sp³-hybridized carbons (Fsp3) is 0.778. The lowest BCUT2D eigenvalue weighted by Gasteiger charge is -2.30. The molecule has 0 aliphatic rings. The molecular formula is C9H20ClN. The van der Waals surface area contributed by atoms with E-state index in [-0.39, 0.29) is 12.4 Å². The fourth-order valence-electron chi connectivity index (χ4n) is 0.842. The summed E-state index contributed by atoms with van der Waals surface area (Å²) in [5, 5.41) is 0. The maximum Gasteiger partial charge on any atom is 0.0971 e. The van der Waals surface area contributed by atoms with Crippen LogP contribution < -0.4 is 12.4 Å². The molecule has 2 heteroatoms. The van der Waals surface area contributed by atoms with Gasteiger partial charge in [0.05, 0.1) is 26.7 Å². The first-order valence-corrected chi connectivity index (χ1v) is 4.13. The molecule has 0 aliphatic heterocycles. The van der Waals surface area contributed by atoms with Gasteiger partial charge < -0.3 is 16.9 Å². The topological polar surface area (TPSA) is 0 Å². The van der Waals surface area contributed by atoms with Crippen LogP contribution >= 0.6 is 0 Å². The summed E-state index contributed by atoms with van der Waals surface area (Å²) in [4.78, 5) is 0. The van der Waals surface area contributed by atoms with Gasteiger partial charge in [-0.05, 0) is 26.8 Å². The van der Waals surface area contributed by atoms with Crippen molar-refractivity contribution < 1.29 is 16.9 Å². The zero-order valence-electron chi connectivity index (χ0n) is 8.10. The molecular weight excluding hydrogens is 158 g/mol. The maximum atomic E-state index is 2.29. The van der Waals surface area contributed by atoms with E-state index >= 15 is 0 Å². The Bertz CT molecular complexity index is 106. The zero-order chi connectivity index (χ0) is 8.04. The Balaban J connectivity index is 0. The van der Waals surface area contributed by atoms with Gasteiger partial charge in [0, 0.05) is 0 Å². The monoisotopic (exact) mass is 177 g/mol. The lowest BCUT2D eigenvalue weighted by molar-refractivity contribution is -0.900. The van der Waals surface area contributed by atoms with Gasteiger partial charge in [0.15, 0.2) is 0 Å². The molecule has 0 bridgehead atoms. The highest BCUT2D eigenvalue weighted by Gasteiger charge is 2.12. The molecule has 0 saturated carbocycles. The molecule has 0 amide bonds. The molecule has 1 nitrogen and oxygen atoms in total. The molecule has 0 aliphatic carbocycles. The number of allylic oxidation sites excluding steroid dienone is 1. The summed E-state index contributed by atoms with van der Waals surface area (Å²) in [6, 6.07) is 0. The third-order valence-electron chi connectivity index (χ3n) is 2.31. The van der Waals surface area contributed by atoms with Gasteiger partial charge in [-0.1, -0.05) is 6.08 Å². The van der Waals surface area contributed by atoms with Crippen molar-refractivity contribution in [2.75, 3.05) is 26.7 Å². The van der Waals surface area contributed by atoms with Gasteiger partial charge in [-0.3, -0.25) is 0 Å². The third kappa shape index (κ3) is 5.28. The van der Waals surface area contributed by atoms with Crippen LogP contribution in [0.25, 0.3) is 0 Å². The SMILES string of the molecule is CC=CC[N+](C)(CC)CC.[Cl-]. The fourth-order valence-corrected chi connectivity index (χ4v) is 0.842. The maximum absolute atomic E-state index is 2.29. The van der Waals surface area contributed by atoms with E-state index in [0.29, 0.717) is 0 Å². The number of likely N-dealkylation sites (N-methyl/N-ethyl adjacent to an activating group) is 1. The first-order chi connectivity index (χ1) is 4.68. The van der Waals surface area contributed by atoms with Crippen LogP contribution in [-0.2, 0) is 0 Å². The van der Waals surface area contributed by atoms with E-state index in [1.165, 1.54) is 19.6 Å². The minimum Gasteiger partial charge on any atom is -1.00 e. The predicted octanol–water partition coefficient (Wildman–Crippen LogP) is -0.947. The van der Waals surface area contributed by atoms with E-state index in [1.807, 2.05) is 0 Å². The van der Waals surface area contributed by atoms with E-state index in [0.717, 1.165) is 4.48 Å². The van der Waals surface area contributed by atoms with Crippen molar-refractivity contribution in [1.29, 1.82) is 0 Å². The highest BCUT2D eigenvalue weighted by atomic mass is 35.5. The molecule has 0 atom stereocenters. The summed E-state index contributed by atoms with van der Waals surface area (Å²) in [6.45, 7) is 10.2. The molecule has 11 heavy (non-hydrogen) atoms. The molecule has 0 rings (SSSR count). The largest absolute Gasteiger partial charge is 1.00 e. The second kappa shape index (κ2) is 6.68. The van der Waals surface area contributed by atoms with Crippen molar-refractivity contribution in [1.82, 2.24) is 0 Å². The minimum absolute atomic E-state index is 0. The molecule has 0 aromatic carbocycles. The lowest BCUT2D eigenvalue weighted by atomic mass is 10.3. The molecule has 68 valence electrons. The van der Waals surface area contributed by atoms with Crippen LogP contribution in [0.2, 0.25) is 0 Å². The van der Waals surface area contributed by atoms with Gasteiger partial charge in [0.2, 0.25) is 0 Å². The van der Waals surface area contributed by atoms with Crippen molar-refractivity contribution in [2.45, 2.75) is 20.8 Å². The molecule has 0 heterocycles. The number of nitrogens with zero attached hydrogens (tertiary/aromatic N) is 1. The van der Waals surface area contributed by atoms with Crippen LogP contribution in [0.4, 0.5) is 0 Å². The minimum atomic E-state index is 0. The van der Waals surface area contributed by atoms with Crippen LogP contribution in [0.1, 0.15) is 20.8 Å². The Hall–Kier alpha value is -0.0100. The summed E-state index contributed by atoms with van der Waals surface area (Å²) >= 11 is 0. The highest BCUT2D eigenvalue weighted by Crippen LogP contribution is 2.00. The van der Waals surface area contributed by atoms with Gasteiger partial charge in [-0.2, -0.15) is 0 Å². The van der Waals surface area contributed by atoms with Crippen molar-refractivity contribution in [3.63, 3.8) is 0 Å². The van der Waals surface area contributed by atoms with E-state index in [4.69, 9.17) is 0 Å². The summed E-state index contributed by atoms with van der Waals surface area (Å²) in [7, 11) is 2.29. The standard InChI is InChI=1S/C9H20N.ClH/c1-5-8-9-10(4,6-2)7-3;/h5,8H,6-7,9H2,1-4H3;1H/q+1;/p-1. The van der Waals surface area contributed by atoms with Crippen LogP contribution in [-0.4, -0.2) is 31.2 Å². The van der Waals surface area contributed by atoms with Crippen LogP contribution in [0, 0.1) is 0 Å². The van der Waals surface area contributed by atoms with Gasteiger partial charge >= 0.3 is 0 Å². The summed E-state index contributed by atoms with van der Waals surface area (Å²) in [5.41, 5.74) is 0. The quantitative estimate of drug-likeness (QED) is 0.384. The lowest BCUT2D eigenvalue weighted by Crippen LogP contribution is -3.00. The Labute approximate surface area is 77.1 Å². The number of quaternary nitrogens is 1. The molecule has 0 aromatic heterocycles. The number of hydrogen-bond acceptors (Lipinski definition) is 0. The normalized spacial score (nSPS) is 11.6. The molecule has 0 fully saturated rings. The highest BCUT2D eigenvalue weighted by molar-refractivity contribution is 4.76. The molecule has 0 N–H and O–H groups in total. The average Bonchev–Trinajstić information content (AvgIpc) is 2.00. The van der Waals surface area contributed by atoms with Crippen molar-refractivity contribution in [2.24, 2.45) is 0 Å². The number of halogens is 1. The smallest absolute Gasteiger partial charge is 0.0971 e. The van der Waals surface area contributed by atoms with Crippen molar-refractivity contribution in [3.05, 3.63) is 12.2 Å². The van der Waals surface area contributed by atoms with Gasteiger partial charge in [-0.15, -0.1) is 0 Å². The van der Waals surface area contributed by atoms with Gasteiger partial charge in [0.1, 0.15) is 0 Å².